The number of methoxy groups -OCH3 is 1. The number of anilines is 1. The Kier molecular flexibility index (Phi) is 5.72. The van der Waals surface area contributed by atoms with Crippen molar-refractivity contribution in [3.8, 4) is 11.5 Å². The molecule has 0 aromatic heterocycles. The maximum absolute atomic E-state index is 11.8. The van der Waals surface area contributed by atoms with Crippen molar-refractivity contribution in [1.29, 1.82) is 0 Å². The van der Waals surface area contributed by atoms with Gasteiger partial charge in [-0.25, -0.2) is 4.79 Å². The van der Waals surface area contributed by atoms with Crippen molar-refractivity contribution >= 4 is 11.7 Å². The maximum atomic E-state index is 11.8. The Hall–Kier alpha value is -1.91. The number of nitrogens with one attached hydrogen (secondary N) is 1. The lowest BCUT2D eigenvalue weighted by molar-refractivity contribution is -0.141. The van der Waals surface area contributed by atoms with Gasteiger partial charge in [-0.2, -0.15) is 0 Å². The molecule has 1 heterocycles. The summed E-state index contributed by atoms with van der Waals surface area (Å²) in [7, 11) is 1.41. The van der Waals surface area contributed by atoms with E-state index in [1.807, 2.05) is 18.2 Å². The first-order chi connectivity index (χ1) is 10.2. The highest BCUT2D eigenvalue weighted by molar-refractivity contribution is 5.79. The molecule has 5 nitrogen and oxygen atoms in total. The van der Waals surface area contributed by atoms with E-state index >= 15 is 0 Å². The number of rotatable bonds is 6. The predicted molar refractivity (Wildman–Crippen MR) is 81.0 cm³/mol. The Bertz CT molecular complexity index is 475. The van der Waals surface area contributed by atoms with Gasteiger partial charge in [0, 0.05) is 18.2 Å². The van der Waals surface area contributed by atoms with Gasteiger partial charge < -0.3 is 19.5 Å². The third-order valence-electron chi connectivity index (χ3n) is 3.42. The van der Waals surface area contributed by atoms with Crippen LogP contribution in [0.2, 0.25) is 0 Å². The number of ether oxygens (including phenoxy) is 3. The minimum absolute atomic E-state index is 0.240. The van der Waals surface area contributed by atoms with E-state index in [0.29, 0.717) is 13.2 Å². The zero-order chi connectivity index (χ0) is 15.1. The monoisotopic (exact) mass is 293 g/mol. The molecule has 0 aliphatic carbocycles. The molecule has 1 atom stereocenters. The fraction of sp³-hybridized carbons (Fsp3) is 0.562. The Balaban J connectivity index is 2.09. The molecule has 5 heteroatoms. The summed E-state index contributed by atoms with van der Waals surface area (Å²) in [5, 5.41) is 3.22. The first-order valence-corrected chi connectivity index (χ1v) is 7.48. The van der Waals surface area contributed by atoms with Crippen molar-refractivity contribution in [3.05, 3.63) is 18.2 Å². The highest BCUT2D eigenvalue weighted by Gasteiger charge is 2.19. The second-order valence-corrected chi connectivity index (χ2v) is 5.07. The van der Waals surface area contributed by atoms with Crippen molar-refractivity contribution in [2.75, 3.05) is 25.6 Å². The van der Waals surface area contributed by atoms with Crippen LogP contribution in [0.1, 0.15) is 32.6 Å². The highest BCUT2D eigenvalue weighted by atomic mass is 16.5. The Morgan fingerprint density at radius 1 is 1.33 bits per heavy atom. The molecule has 1 unspecified atom stereocenters. The van der Waals surface area contributed by atoms with Gasteiger partial charge in [-0.1, -0.05) is 19.8 Å². The van der Waals surface area contributed by atoms with Crippen LogP contribution in [0.15, 0.2) is 18.2 Å². The zero-order valence-electron chi connectivity index (χ0n) is 12.7. The molecular weight excluding hydrogens is 270 g/mol. The molecule has 0 saturated heterocycles. The van der Waals surface area contributed by atoms with Gasteiger partial charge in [-0.3, -0.25) is 0 Å². The molecule has 1 aromatic carbocycles. The van der Waals surface area contributed by atoms with E-state index in [1.54, 1.807) is 0 Å². The van der Waals surface area contributed by atoms with Gasteiger partial charge in [0.1, 0.15) is 6.04 Å². The normalized spacial score (nSPS) is 15.0. The third-order valence-corrected chi connectivity index (χ3v) is 3.42. The molecule has 0 spiro atoms. The molecule has 0 amide bonds. The molecule has 1 aromatic rings. The van der Waals surface area contributed by atoms with E-state index in [2.05, 4.69) is 12.2 Å². The van der Waals surface area contributed by atoms with E-state index in [9.17, 15) is 4.79 Å². The summed E-state index contributed by atoms with van der Waals surface area (Å²) in [6.45, 7) is 3.41. The number of unbranched alkanes of at least 4 members (excludes halogenated alkanes) is 1. The molecule has 1 aliphatic heterocycles. The first kappa shape index (κ1) is 15.5. The van der Waals surface area contributed by atoms with Crippen molar-refractivity contribution in [1.82, 2.24) is 0 Å². The third kappa shape index (κ3) is 4.28. The summed E-state index contributed by atoms with van der Waals surface area (Å²) < 4.78 is 16.1. The van der Waals surface area contributed by atoms with Gasteiger partial charge >= 0.3 is 5.97 Å². The number of esters is 1. The number of hydrogen-bond donors (Lipinski definition) is 1. The minimum Gasteiger partial charge on any atom is -0.490 e. The van der Waals surface area contributed by atoms with E-state index in [4.69, 9.17) is 14.2 Å². The number of hydrogen-bond acceptors (Lipinski definition) is 5. The van der Waals surface area contributed by atoms with Crippen molar-refractivity contribution in [3.63, 3.8) is 0 Å². The maximum Gasteiger partial charge on any atom is 0.328 e. The van der Waals surface area contributed by atoms with E-state index in [0.717, 1.165) is 42.9 Å². The predicted octanol–water partition coefficient (Wildman–Crippen LogP) is 2.99. The van der Waals surface area contributed by atoms with Crippen LogP contribution in [0.5, 0.6) is 11.5 Å². The lowest BCUT2D eigenvalue weighted by Crippen LogP contribution is -2.30. The van der Waals surface area contributed by atoms with Crippen LogP contribution in [0.25, 0.3) is 0 Å². The summed E-state index contributed by atoms with van der Waals surface area (Å²) in [5.74, 6) is 1.23. The zero-order valence-corrected chi connectivity index (χ0v) is 12.7. The van der Waals surface area contributed by atoms with Gasteiger partial charge in [0.15, 0.2) is 11.5 Å². The van der Waals surface area contributed by atoms with Gasteiger partial charge in [0.05, 0.1) is 20.3 Å². The van der Waals surface area contributed by atoms with Crippen LogP contribution in [0, 0.1) is 0 Å². The standard InChI is InChI=1S/C16H23NO4/c1-3-4-6-13(16(18)19-2)17-12-7-8-14-15(11-12)21-10-5-9-20-14/h7-8,11,13,17H,3-6,9-10H2,1-2H3. The second kappa shape index (κ2) is 7.76. The molecule has 0 bridgehead atoms. The van der Waals surface area contributed by atoms with Gasteiger partial charge in [-0.15, -0.1) is 0 Å². The molecule has 1 N–H and O–H groups in total. The lowest BCUT2D eigenvalue weighted by Gasteiger charge is -2.18. The molecule has 2 rings (SSSR count). The van der Waals surface area contributed by atoms with Gasteiger partial charge in [0.2, 0.25) is 0 Å². The number of benzene rings is 1. The van der Waals surface area contributed by atoms with Crippen molar-refractivity contribution in [2.45, 2.75) is 38.6 Å². The Morgan fingerprint density at radius 3 is 2.81 bits per heavy atom. The average Bonchev–Trinajstić information content (AvgIpc) is 2.75. The van der Waals surface area contributed by atoms with Gasteiger partial charge in [0.25, 0.3) is 0 Å². The summed E-state index contributed by atoms with van der Waals surface area (Å²) >= 11 is 0. The van der Waals surface area contributed by atoms with Crippen molar-refractivity contribution < 1.29 is 19.0 Å². The topological polar surface area (TPSA) is 56.8 Å². The van der Waals surface area contributed by atoms with Crippen LogP contribution < -0.4 is 14.8 Å². The van der Waals surface area contributed by atoms with E-state index in [1.165, 1.54) is 7.11 Å². The SMILES string of the molecule is CCCCC(Nc1ccc2c(c1)OCCCO2)C(=O)OC. The van der Waals surface area contributed by atoms with Crippen LogP contribution in [0.4, 0.5) is 5.69 Å². The van der Waals surface area contributed by atoms with Crippen LogP contribution >= 0.6 is 0 Å². The molecule has 0 fully saturated rings. The fourth-order valence-electron chi connectivity index (χ4n) is 2.25. The molecule has 0 radical (unpaired) electrons. The second-order valence-electron chi connectivity index (χ2n) is 5.07. The molecule has 0 saturated carbocycles. The van der Waals surface area contributed by atoms with Gasteiger partial charge in [-0.05, 0) is 18.6 Å². The lowest BCUT2D eigenvalue weighted by atomic mass is 10.1. The first-order valence-electron chi connectivity index (χ1n) is 7.48. The summed E-state index contributed by atoms with van der Waals surface area (Å²) in [6, 6.07) is 5.31. The quantitative estimate of drug-likeness (QED) is 0.817. The smallest absolute Gasteiger partial charge is 0.328 e. The number of carbonyl (C=O) groups is 1. The summed E-state index contributed by atoms with van der Waals surface area (Å²) in [6.07, 6.45) is 3.63. The average molecular weight is 293 g/mol. The molecule has 21 heavy (non-hydrogen) atoms. The molecular formula is C16H23NO4. The summed E-state index contributed by atoms with van der Waals surface area (Å²) in [4.78, 5) is 11.8. The van der Waals surface area contributed by atoms with E-state index < -0.39 is 0 Å². The number of fused-ring (bicyclic) bond motifs is 1. The van der Waals surface area contributed by atoms with Crippen molar-refractivity contribution in [2.24, 2.45) is 0 Å². The number of carbonyl (C=O) groups excluding carboxylic acids is 1. The largest absolute Gasteiger partial charge is 0.490 e. The molecule has 116 valence electrons. The van der Waals surface area contributed by atoms with Crippen LogP contribution in [-0.4, -0.2) is 32.3 Å². The highest BCUT2D eigenvalue weighted by Crippen LogP contribution is 2.32. The van der Waals surface area contributed by atoms with E-state index in [-0.39, 0.29) is 12.0 Å². The minimum atomic E-state index is -0.334. The fourth-order valence-corrected chi connectivity index (χ4v) is 2.25. The molecule has 1 aliphatic rings. The van der Waals surface area contributed by atoms with Crippen LogP contribution in [0.3, 0.4) is 0 Å². The Labute approximate surface area is 125 Å². The Morgan fingerprint density at radius 2 is 2.10 bits per heavy atom. The summed E-state index contributed by atoms with van der Waals surface area (Å²) in [5.41, 5.74) is 0.839. The van der Waals surface area contributed by atoms with Crippen LogP contribution in [-0.2, 0) is 9.53 Å².